The van der Waals surface area contributed by atoms with Crippen LogP contribution in [0.3, 0.4) is 0 Å². The zero-order chi connectivity index (χ0) is 24.5. The summed E-state index contributed by atoms with van der Waals surface area (Å²) in [5, 5.41) is 4.85. The third-order valence-corrected chi connectivity index (χ3v) is 4.79. The number of nitrogens with zero attached hydrogens (tertiary/aromatic N) is 2. The molecule has 0 saturated carbocycles. The average molecular weight is 472 g/mol. The van der Waals surface area contributed by atoms with Gasteiger partial charge in [-0.3, -0.25) is 4.79 Å². The van der Waals surface area contributed by atoms with Gasteiger partial charge in [-0.25, -0.2) is 14.2 Å². The maximum absolute atomic E-state index is 14.1. The molecule has 2 N–H and O–H groups in total. The molecule has 11 heteroatoms. The van der Waals surface area contributed by atoms with E-state index in [-0.39, 0.29) is 11.2 Å². The molecular formula is C23H16F4N4O3. The van der Waals surface area contributed by atoms with Crippen molar-refractivity contribution in [1.29, 1.82) is 0 Å². The molecule has 34 heavy (non-hydrogen) atoms. The molecule has 1 aromatic heterocycles. The Balaban J connectivity index is 1.43. The van der Waals surface area contributed by atoms with Crippen molar-refractivity contribution in [2.45, 2.75) is 6.18 Å². The third kappa shape index (κ3) is 4.82. The van der Waals surface area contributed by atoms with Crippen molar-refractivity contribution in [3.63, 3.8) is 0 Å². The highest BCUT2D eigenvalue weighted by Gasteiger charge is 2.35. The third-order valence-electron chi connectivity index (χ3n) is 4.79. The second-order valence-electron chi connectivity index (χ2n) is 7.21. The normalized spacial score (nSPS) is 11.3. The number of hydrogen-bond acceptors (Lipinski definition) is 4. The summed E-state index contributed by atoms with van der Waals surface area (Å²) in [5.41, 5.74) is -1.50. The van der Waals surface area contributed by atoms with Gasteiger partial charge in [-0.2, -0.15) is 13.2 Å². The number of fused-ring (bicyclic) bond motifs is 1. The van der Waals surface area contributed by atoms with E-state index >= 15 is 0 Å². The van der Waals surface area contributed by atoms with Crippen LogP contribution in [0.4, 0.5) is 33.7 Å². The minimum absolute atomic E-state index is 0.224. The lowest BCUT2D eigenvalue weighted by atomic mass is 10.2. The number of rotatable bonds is 4. The molecule has 0 fully saturated rings. The Morgan fingerprint density at radius 1 is 1.00 bits per heavy atom. The van der Waals surface area contributed by atoms with E-state index < -0.39 is 29.3 Å². The lowest BCUT2D eigenvalue weighted by molar-refractivity contribution is -0.139. The molecule has 0 unspecified atom stereocenters. The Hall–Kier alpha value is -4.41. The SMILES string of the molecule is Cn1cnc2ccc(Oc3ccc(NC(=O)Nc4cccc(C(F)(F)F)c4F)cc3)cc2c1=O. The molecule has 0 bridgehead atoms. The lowest BCUT2D eigenvalue weighted by Gasteiger charge is -2.13. The fourth-order valence-corrected chi connectivity index (χ4v) is 3.13. The first-order valence-electron chi connectivity index (χ1n) is 9.79. The van der Waals surface area contributed by atoms with Crippen LogP contribution in [0.2, 0.25) is 0 Å². The first-order valence-corrected chi connectivity index (χ1v) is 9.79. The zero-order valence-electron chi connectivity index (χ0n) is 17.5. The van der Waals surface area contributed by atoms with Crippen LogP contribution in [0, 0.1) is 5.82 Å². The summed E-state index contributed by atoms with van der Waals surface area (Å²) < 4.78 is 59.6. The Kier molecular flexibility index (Phi) is 5.93. The number of carbonyl (C=O) groups excluding carboxylic acids is 1. The number of alkyl halides is 3. The standard InChI is InChI=1S/C23H16F4N4O3/c1-31-12-28-18-10-9-15(11-16(18)21(31)32)34-14-7-5-13(6-8-14)29-22(33)30-19-4-2-3-17(20(19)24)23(25,26)27/h2-12H,1H3,(H2,29,30,33). The number of aryl methyl sites for hydroxylation is 1. The molecule has 3 aromatic carbocycles. The smallest absolute Gasteiger partial charge is 0.419 e. The van der Waals surface area contributed by atoms with Crippen LogP contribution >= 0.6 is 0 Å². The molecule has 0 aliphatic rings. The van der Waals surface area contributed by atoms with Gasteiger partial charge in [0.25, 0.3) is 5.56 Å². The number of anilines is 2. The fourth-order valence-electron chi connectivity index (χ4n) is 3.13. The van der Waals surface area contributed by atoms with Crippen molar-refractivity contribution in [1.82, 2.24) is 9.55 Å². The van der Waals surface area contributed by atoms with Crippen LogP contribution in [0.5, 0.6) is 11.5 Å². The van der Waals surface area contributed by atoms with Gasteiger partial charge in [0.15, 0.2) is 5.82 Å². The summed E-state index contributed by atoms with van der Waals surface area (Å²) in [6.07, 6.45) is -3.46. The van der Waals surface area contributed by atoms with E-state index in [0.29, 0.717) is 28.5 Å². The van der Waals surface area contributed by atoms with E-state index in [1.54, 1.807) is 25.2 Å². The van der Waals surface area contributed by atoms with E-state index in [1.165, 1.54) is 35.2 Å². The van der Waals surface area contributed by atoms with Gasteiger partial charge in [-0.05, 0) is 54.6 Å². The molecule has 0 atom stereocenters. The molecule has 0 aliphatic heterocycles. The maximum Gasteiger partial charge on any atom is 0.419 e. The Morgan fingerprint density at radius 3 is 2.41 bits per heavy atom. The number of aromatic nitrogens is 2. The van der Waals surface area contributed by atoms with Crippen LogP contribution in [0.15, 0.2) is 71.8 Å². The number of nitrogens with one attached hydrogen (secondary N) is 2. The zero-order valence-corrected chi connectivity index (χ0v) is 17.5. The predicted octanol–water partition coefficient (Wildman–Crippen LogP) is 5.53. The molecule has 0 spiro atoms. The number of ether oxygens (including phenoxy) is 1. The molecule has 7 nitrogen and oxygen atoms in total. The van der Waals surface area contributed by atoms with Crippen molar-refractivity contribution < 1.29 is 27.1 Å². The number of amides is 2. The van der Waals surface area contributed by atoms with E-state index in [4.69, 9.17) is 4.74 Å². The summed E-state index contributed by atoms with van der Waals surface area (Å²) >= 11 is 0. The van der Waals surface area contributed by atoms with Crippen LogP contribution < -0.4 is 20.9 Å². The molecule has 174 valence electrons. The van der Waals surface area contributed by atoms with Crippen LogP contribution in [0.25, 0.3) is 10.9 Å². The Labute approximate surface area is 189 Å². The minimum Gasteiger partial charge on any atom is -0.457 e. The molecular weight excluding hydrogens is 456 g/mol. The predicted molar refractivity (Wildman–Crippen MR) is 118 cm³/mol. The number of urea groups is 1. The monoisotopic (exact) mass is 472 g/mol. The highest BCUT2D eigenvalue weighted by Crippen LogP contribution is 2.34. The Bertz CT molecular complexity index is 1430. The topological polar surface area (TPSA) is 85.2 Å². The number of benzene rings is 3. The highest BCUT2D eigenvalue weighted by molar-refractivity contribution is 5.99. The quantitative estimate of drug-likeness (QED) is 0.383. The van der Waals surface area contributed by atoms with Gasteiger partial charge in [-0.15, -0.1) is 0 Å². The van der Waals surface area contributed by atoms with Gasteiger partial charge in [-0.1, -0.05) is 6.07 Å². The van der Waals surface area contributed by atoms with Gasteiger partial charge in [0.1, 0.15) is 11.5 Å². The van der Waals surface area contributed by atoms with Crippen LogP contribution in [-0.4, -0.2) is 15.6 Å². The molecule has 4 aromatic rings. The van der Waals surface area contributed by atoms with Gasteiger partial charge in [0.05, 0.1) is 28.5 Å². The van der Waals surface area contributed by atoms with Gasteiger partial charge >= 0.3 is 12.2 Å². The lowest BCUT2D eigenvalue weighted by Crippen LogP contribution is -2.21. The summed E-state index contributed by atoms with van der Waals surface area (Å²) in [7, 11) is 1.59. The van der Waals surface area contributed by atoms with Gasteiger partial charge in [0, 0.05) is 12.7 Å². The molecule has 4 rings (SSSR count). The molecule has 0 saturated heterocycles. The summed E-state index contributed by atoms with van der Waals surface area (Å²) in [6.45, 7) is 0. The molecule has 0 radical (unpaired) electrons. The van der Waals surface area contributed by atoms with Gasteiger partial charge in [0.2, 0.25) is 0 Å². The Morgan fingerprint density at radius 2 is 1.71 bits per heavy atom. The van der Waals surface area contributed by atoms with Crippen LogP contribution in [0.1, 0.15) is 5.56 Å². The van der Waals surface area contributed by atoms with E-state index in [2.05, 4.69) is 15.6 Å². The summed E-state index contributed by atoms with van der Waals surface area (Å²) in [6, 6.07) is 12.6. The first kappa shape index (κ1) is 22.8. The van der Waals surface area contributed by atoms with Crippen molar-refractivity contribution >= 4 is 28.3 Å². The van der Waals surface area contributed by atoms with Crippen molar-refractivity contribution in [2.24, 2.45) is 7.05 Å². The minimum atomic E-state index is -4.89. The van der Waals surface area contributed by atoms with Crippen molar-refractivity contribution in [3.05, 3.63) is 88.7 Å². The number of hydrogen-bond donors (Lipinski definition) is 2. The number of carbonyl (C=O) groups is 1. The first-order chi connectivity index (χ1) is 16.1. The van der Waals surface area contributed by atoms with E-state index in [1.807, 2.05) is 0 Å². The van der Waals surface area contributed by atoms with E-state index in [9.17, 15) is 27.2 Å². The molecule has 0 aliphatic carbocycles. The second kappa shape index (κ2) is 8.85. The highest BCUT2D eigenvalue weighted by atomic mass is 19.4. The second-order valence-corrected chi connectivity index (χ2v) is 7.21. The average Bonchev–Trinajstić information content (AvgIpc) is 2.78. The van der Waals surface area contributed by atoms with Gasteiger partial charge < -0.3 is 19.9 Å². The number of halogens is 4. The maximum atomic E-state index is 14.1. The fraction of sp³-hybridized carbons (Fsp3) is 0.0870. The largest absolute Gasteiger partial charge is 0.457 e. The summed E-state index contributed by atoms with van der Waals surface area (Å²) in [4.78, 5) is 28.5. The van der Waals surface area contributed by atoms with Crippen molar-refractivity contribution in [3.8, 4) is 11.5 Å². The van der Waals surface area contributed by atoms with E-state index in [0.717, 1.165) is 12.1 Å². The van der Waals surface area contributed by atoms with Crippen LogP contribution in [-0.2, 0) is 13.2 Å². The summed E-state index contributed by atoms with van der Waals surface area (Å²) in [5.74, 6) is -0.777. The van der Waals surface area contributed by atoms with Crippen molar-refractivity contribution in [2.75, 3.05) is 10.6 Å². The molecule has 2 amide bonds. The molecule has 1 heterocycles.